The van der Waals surface area contributed by atoms with Crippen molar-refractivity contribution in [3.63, 3.8) is 0 Å². The van der Waals surface area contributed by atoms with Crippen molar-refractivity contribution in [1.82, 2.24) is 19.7 Å². The molecule has 0 bridgehead atoms. The molecule has 0 N–H and O–H groups in total. The molecule has 2 heterocycles. The van der Waals surface area contributed by atoms with Crippen LogP contribution in [0.1, 0.15) is 26.6 Å². The third kappa shape index (κ3) is 2.26. The van der Waals surface area contributed by atoms with Crippen LogP contribution in [0.3, 0.4) is 0 Å². The Bertz CT molecular complexity index is 468. The highest BCUT2D eigenvalue weighted by atomic mass is 79.9. The molecule has 2 aromatic rings. The molecule has 2 rings (SSSR count). The molecule has 0 saturated heterocycles. The van der Waals surface area contributed by atoms with E-state index >= 15 is 0 Å². The van der Waals surface area contributed by atoms with E-state index in [-0.39, 0.29) is 5.41 Å². The van der Waals surface area contributed by atoms with Crippen LogP contribution < -0.4 is 0 Å². The molecule has 0 spiro atoms. The summed E-state index contributed by atoms with van der Waals surface area (Å²) in [4.78, 5) is 8.55. The summed E-state index contributed by atoms with van der Waals surface area (Å²) in [6.07, 6.45) is 1.70. The maximum Gasteiger partial charge on any atom is 0.212 e. The van der Waals surface area contributed by atoms with Gasteiger partial charge in [-0.25, -0.2) is 9.97 Å². The van der Waals surface area contributed by atoms with Gasteiger partial charge in [0.2, 0.25) is 5.13 Å². The molecule has 0 aliphatic heterocycles. The summed E-state index contributed by atoms with van der Waals surface area (Å²) in [5.74, 6) is 0.828. The van der Waals surface area contributed by atoms with Gasteiger partial charge in [-0.2, -0.15) is 4.68 Å². The van der Waals surface area contributed by atoms with Crippen molar-refractivity contribution in [2.24, 2.45) is 0 Å². The molecule has 0 saturated carbocycles. The molecule has 0 aliphatic carbocycles. The molecule has 4 nitrogen and oxygen atoms in total. The summed E-state index contributed by atoms with van der Waals surface area (Å²) < 4.78 is 2.53. The van der Waals surface area contributed by atoms with Crippen LogP contribution >= 0.6 is 27.3 Å². The minimum atomic E-state index is -0.0280. The summed E-state index contributed by atoms with van der Waals surface area (Å²) in [7, 11) is 0. The maximum absolute atomic E-state index is 4.40. The minimum Gasteiger partial charge on any atom is -0.219 e. The first-order chi connectivity index (χ1) is 6.97. The fourth-order valence-electron chi connectivity index (χ4n) is 1.05. The Labute approximate surface area is 101 Å². The molecule has 2 aromatic heterocycles. The third-order valence-electron chi connectivity index (χ3n) is 1.82. The van der Waals surface area contributed by atoms with Crippen molar-refractivity contribution in [2.75, 3.05) is 0 Å². The quantitative estimate of drug-likeness (QED) is 0.810. The summed E-state index contributed by atoms with van der Waals surface area (Å²) in [5.41, 5.74) is -0.0280. The van der Waals surface area contributed by atoms with E-state index in [1.54, 1.807) is 11.0 Å². The predicted molar refractivity (Wildman–Crippen MR) is 63.4 cm³/mol. The van der Waals surface area contributed by atoms with Crippen molar-refractivity contribution in [3.05, 3.63) is 22.1 Å². The highest BCUT2D eigenvalue weighted by molar-refractivity contribution is 9.10. The zero-order chi connectivity index (χ0) is 11.1. The molecule has 80 valence electrons. The van der Waals surface area contributed by atoms with Crippen LogP contribution in [-0.2, 0) is 5.41 Å². The summed E-state index contributed by atoms with van der Waals surface area (Å²) >= 11 is 4.84. The second-order valence-electron chi connectivity index (χ2n) is 4.22. The van der Waals surface area contributed by atoms with E-state index in [0.717, 1.165) is 15.6 Å². The minimum absolute atomic E-state index is 0.0280. The molecule has 0 aliphatic rings. The second-order valence-corrected chi connectivity index (χ2v) is 5.86. The van der Waals surface area contributed by atoms with E-state index in [1.807, 2.05) is 5.38 Å². The molecular weight excluding hydrogens is 276 g/mol. The van der Waals surface area contributed by atoms with Gasteiger partial charge in [0.15, 0.2) is 5.82 Å². The third-order valence-corrected chi connectivity index (χ3v) is 3.36. The lowest BCUT2D eigenvalue weighted by molar-refractivity contribution is 0.543. The van der Waals surface area contributed by atoms with Gasteiger partial charge < -0.3 is 0 Å². The fraction of sp³-hybridized carbons (Fsp3) is 0.444. The number of hydrogen-bond donors (Lipinski definition) is 0. The Balaban J connectivity index is 2.36. The number of rotatable bonds is 1. The molecule has 0 aromatic carbocycles. The van der Waals surface area contributed by atoms with Gasteiger partial charge in [0, 0.05) is 10.8 Å². The van der Waals surface area contributed by atoms with Crippen LogP contribution in [0.15, 0.2) is 16.3 Å². The lowest BCUT2D eigenvalue weighted by Gasteiger charge is -2.11. The lowest BCUT2D eigenvalue weighted by Crippen LogP contribution is -2.14. The average Bonchev–Trinajstić information content (AvgIpc) is 2.69. The Morgan fingerprint density at radius 1 is 1.40 bits per heavy atom. The second kappa shape index (κ2) is 3.68. The first kappa shape index (κ1) is 10.8. The van der Waals surface area contributed by atoms with Crippen LogP contribution in [0.25, 0.3) is 5.13 Å². The SMILES string of the molecule is CC(C)(C)c1ncn(-c2nc(Br)cs2)n1. The van der Waals surface area contributed by atoms with Crippen LogP contribution in [0.2, 0.25) is 0 Å². The van der Waals surface area contributed by atoms with E-state index < -0.39 is 0 Å². The van der Waals surface area contributed by atoms with Crippen LogP contribution in [0, 0.1) is 0 Å². The predicted octanol–water partition coefficient (Wildman–Crippen LogP) is 2.78. The Hall–Kier alpha value is -0.750. The van der Waals surface area contributed by atoms with Gasteiger partial charge in [0.1, 0.15) is 10.9 Å². The molecule has 0 atom stereocenters. The largest absolute Gasteiger partial charge is 0.219 e. The molecular formula is C9H11BrN4S. The van der Waals surface area contributed by atoms with Crippen molar-refractivity contribution in [3.8, 4) is 5.13 Å². The number of aromatic nitrogens is 4. The summed E-state index contributed by atoms with van der Waals surface area (Å²) in [6, 6.07) is 0. The summed E-state index contributed by atoms with van der Waals surface area (Å²) in [5, 5.41) is 7.15. The number of thiazole rings is 1. The molecule has 0 radical (unpaired) electrons. The summed E-state index contributed by atoms with van der Waals surface area (Å²) in [6.45, 7) is 6.26. The molecule has 0 unspecified atom stereocenters. The van der Waals surface area contributed by atoms with E-state index in [2.05, 4.69) is 51.8 Å². The average molecular weight is 287 g/mol. The maximum atomic E-state index is 4.40. The zero-order valence-corrected chi connectivity index (χ0v) is 11.1. The van der Waals surface area contributed by atoms with Crippen molar-refractivity contribution in [1.29, 1.82) is 0 Å². The van der Waals surface area contributed by atoms with Crippen molar-refractivity contribution < 1.29 is 0 Å². The molecule has 15 heavy (non-hydrogen) atoms. The normalized spacial score (nSPS) is 12.0. The Morgan fingerprint density at radius 2 is 2.13 bits per heavy atom. The monoisotopic (exact) mass is 286 g/mol. The Kier molecular flexibility index (Phi) is 2.64. The van der Waals surface area contributed by atoms with Crippen LogP contribution in [0.4, 0.5) is 0 Å². The topological polar surface area (TPSA) is 43.6 Å². The van der Waals surface area contributed by atoms with E-state index in [1.165, 1.54) is 11.3 Å². The van der Waals surface area contributed by atoms with Gasteiger partial charge in [-0.05, 0) is 15.9 Å². The highest BCUT2D eigenvalue weighted by Crippen LogP contribution is 2.21. The van der Waals surface area contributed by atoms with E-state index in [4.69, 9.17) is 0 Å². The van der Waals surface area contributed by atoms with Crippen molar-refractivity contribution in [2.45, 2.75) is 26.2 Å². The highest BCUT2D eigenvalue weighted by Gasteiger charge is 2.19. The van der Waals surface area contributed by atoms with Crippen LogP contribution in [-0.4, -0.2) is 19.7 Å². The smallest absolute Gasteiger partial charge is 0.212 e. The molecule has 0 fully saturated rings. The standard InChI is InChI=1S/C9H11BrN4S/c1-9(2,3)7-11-5-14(13-7)8-12-6(10)4-15-8/h4-5H,1-3H3. The Morgan fingerprint density at radius 3 is 2.60 bits per heavy atom. The number of hydrogen-bond acceptors (Lipinski definition) is 4. The van der Waals surface area contributed by atoms with Gasteiger partial charge in [-0.15, -0.1) is 16.4 Å². The first-order valence-electron chi connectivity index (χ1n) is 4.50. The first-order valence-corrected chi connectivity index (χ1v) is 6.17. The lowest BCUT2D eigenvalue weighted by atomic mass is 9.96. The van der Waals surface area contributed by atoms with Crippen LogP contribution in [0.5, 0.6) is 0 Å². The van der Waals surface area contributed by atoms with Gasteiger partial charge in [0.25, 0.3) is 0 Å². The molecule has 6 heteroatoms. The van der Waals surface area contributed by atoms with Gasteiger partial charge in [-0.3, -0.25) is 0 Å². The zero-order valence-electron chi connectivity index (χ0n) is 8.73. The van der Waals surface area contributed by atoms with Crippen molar-refractivity contribution >= 4 is 27.3 Å². The van der Waals surface area contributed by atoms with Gasteiger partial charge in [0.05, 0.1) is 0 Å². The van der Waals surface area contributed by atoms with E-state index in [0.29, 0.717) is 0 Å². The van der Waals surface area contributed by atoms with E-state index in [9.17, 15) is 0 Å². The molecule has 0 amide bonds. The number of halogens is 1. The fourth-order valence-corrected chi connectivity index (χ4v) is 2.22. The van der Waals surface area contributed by atoms with Gasteiger partial charge >= 0.3 is 0 Å². The number of nitrogens with zero attached hydrogens (tertiary/aromatic N) is 4. The van der Waals surface area contributed by atoms with Gasteiger partial charge in [-0.1, -0.05) is 20.8 Å².